The summed E-state index contributed by atoms with van der Waals surface area (Å²) < 4.78 is 5.32. The first-order valence-electron chi connectivity index (χ1n) is 7.27. The van der Waals surface area contributed by atoms with Crippen LogP contribution in [0.25, 0.3) is 0 Å². The summed E-state index contributed by atoms with van der Waals surface area (Å²) in [6.07, 6.45) is 4.00. The van der Waals surface area contributed by atoms with Gasteiger partial charge in [-0.3, -0.25) is 4.79 Å². The molecule has 0 heterocycles. The Kier molecular flexibility index (Phi) is 5.20. The molecule has 0 spiro atoms. The number of ether oxygens (including phenoxy) is 1. The molecule has 0 radical (unpaired) electrons. The van der Waals surface area contributed by atoms with Crippen molar-refractivity contribution < 1.29 is 9.53 Å². The van der Waals surface area contributed by atoms with Gasteiger partial charge in [-0.25, -0.2) is 0 Å². The van der Waals surface area contributed by atoms with E-state index in [-0.39, 0.29) is 11.4 Å². The van der Waals surface area contributed by atoms with E-state index in [9.17, 15) is 4.79 Å². The average Bonchev–Trinajstić information content (AvgIpc) is 2.24. The summed E-state index contributed by atoms with van der Waals surface area (Å²) in [6, 6.07) is 0. The third kappa shape index (κ3) is 3.71. The SMILES string of the molecule is CCCNC1(C(=O)OCC)CC(C)CC(C)(C)C1. The second-order valence-electron chi connectivity index (χ2n) is 6.58. The fraction of sp³-hybridized carbons (Fsp3) is 0.933. The van der Waals surface area contributed by atoms with Gasteiger partial charge < -0.3 is 10.1 Å². The van der Waals surface area contributed by atoms with Crippen molar-refractivity contribution in [1.82, 2.24) is 5.32 Å². The third-order valence-electron chi connectivity index (χ3n) is 3.76. The van der Waals surface area contributed by atoms with Crippen LogP contribution in [0.15, 0.2) is 0 Å². The van der Waals surface area contributed by atoms with Crippen LogP contribution >= 0.6 is 0 Å². The molecule has 0 saturated heterocycles. The predicted molar refractivity (Wildman–Crippen MR) is 74.5 cm³/mol. The highest BCUT2D eigenvalue weighted by molar-refractivity contribution is 5.81. The van der Waals surface area contributed by atoms with Gasteiger partial charge in [-0.2, -0.15) is 0 Å². The molecular formula is C15H29NO2. The predicted octanol–water partition coefficient (Wildman–Crippen LogP) is 3.13. The van der Waals surface area contributed by atoms with Gasteiger partial charge in [0.05, 0.1) is 6.61 Å². The van der Waals surface area contributed by atoms with E-state index >= 15 is 0 Å². The van der Waals surface area contributed by atoms with Crippen LogP contribution in [0.1, 0.15) is 60.3 Å². The van der Waals surface area contributed by atoms with Gasteiger partial charge >= 0.3 is 5.97 Å². The van der Waals surface area contributed by atoms with Crippen molar-refractivity contribution in [2.24, 2.45) is 11.3 Å². The van der Waals surface area contributed by atoms with E-state index in [2.05, 4.69) is 33.0 Å². The summed E-state index contributed by atoms with van der Waals surface area (Å²) >= 11 is 0. The maximum atomic E-state index is 12.4. The first-order valence-corrected chi connectivity index (χ1v) is 7.27. The van der Waals surface area contributed by atoms with Crippen molar-refractivity contribution in [3.8, 4) is 0 Å². The fourth-order valence-electron chi connectivity index (χ4n) is 3.57. The number of rotatable bonds is 5. The maximum absolute atomic E-state index is 12.4. The Hall–Kier alpha value is -0.570. The van der Waals surface area contributed by atoms with Crippen molar-refractivity contribution in [2.45, 2.75) is 65.8 Å². The van der Waals surface area contributed by atoms with E-state index in [0.717, 1.165) is 25.8 Å². The lowest BCUT2D eigenvalue weighted by atomic mass is 9.64. The molecule has 1 fully saturated rings. The molecule has 106 valence electrons. The van der Waals surface area contributed by atoms with Crippen molar-refractivity contribution in [1.29, 1.82) is 0 Å². The zero-order valence-electron chi connectivity index (χ0n) is 12.6. The van der Waals surface area contributed by atoms with Crippen LogP contribution in [0.3, 0.4) is 0 Å². The zero-order valence-corrected chi connectivity index (χ0v) is 12.6. The Bertz CT molecular complexity index is 288. The molecule has 3 heteroatoms. The van der Waals surface area contributed by atoms with Gasteiger partial charge in [-0.1, -0.05) is 27.7 Å². The van der Waals surface area contributed by atoms with Crippen molar-refractivity contribution in [3.63, 3.8) is 0 Å². The molecule has 0 bridgehead atoms. The number of carbonyl (C=O) groups is 1. The van der Waals surface area contributed by atoms with Crippen LogP contribution < -0.4 is 5.32 Å². The van der Waals surface area contributed by atoms with Crippen molar-refractivity contribution >= 4 is 5.97 Å². The first-order chi connectivity index (χ1) is 8.35. The highest BCUT2D eigenvalue weighted by Gasteiger charge is 2.48. The molecule has 1 aliphatic carbocycles. The molecule has 1 aliphatic rings. The number of hydrogen-bond acceptors (Lipinski definition) is 3. The molecule has 2 unspecified atom stereocenters. The zero-order chi connectivity index (χ0) is 13.8. The Labute approximate surface area is 112 Å². The second-order valence-corrected chi connectivity index (χ2v) is 6.58. The summed E-state index contributed by atoms with van der Waals surface area (Å²) in [7, 11) is 0. The van der Waals surface area contributed by atoms with Crippen LogP contribution in [0.5, 0.6) is 0 Å². The monoisotopic (exact) mass is 255 g/mol. The maximum Gasteiger partial charge on any atom is 0.326 e. The Morgan fingerprint density at radius 3 is 2.50 bits per heavy atom. The highest BCUT2D eigenvalue weighted by atomic mass is 16.5. The molecule has 18 heavy (non-hydrogen) atoms. The fourth-order valence-corrected chi connectivity index (χ4v) is 3.57. The van der Waals surface area contributed by atoms with E-state index in [4.69, 9.17) is 4.74 Å². The topological polar surface area (TPSA) is 38.3 Å². The molecule has 3 nitrogen and oxygen atoms in total. The van der Waals surface area contributed by atoms with E-state index in [0.29, 0.717) is 12.5 Å². The normalized spacial score (nSPS) is 31.1. The van der Waals surface area contributed by atoms with Gasteiger partial charge in [-0.15, -0.1) is 0 Å². The van der Waals surface area contributed by atoms with Gasteiger partial charge in [0.1, 0.15) is 5.54 Å². The summed E-state index contributed by atoms with van der Waals surface area (Å²) in [5.74, 6) is 0.501. The lowest BCUT2D eigenvalue weighted by Crippen LogP contribution is -2.58. The lowest BCUT2D eigenvalue weighted by molar-refractivity contribution is -0.156. The average molecular weight is 255 g/mol. The first kappa shape index (κ1) is 15.5. The van der Waals surface area contributed by atoms with E-state index < -0.39 is 5.54 Å². The summed E-state index contributed by atoms with van der Waals surface area (Å²) in [5.41, 5.74) is -0.266. The Balaban J connectivity index is 2.91. The van der Waals surface area contributed by atoms with Gasteiger partial charge in [0.25, 0.3) is 0 Å². The summed E-state index contributed by atoms with van der Waals surface area (Å²) in [6.45, 7) is 12.1. The van der Waals surface area contributed by atoms with Gasteiger partial charge in [0.2, 0.25) is 0 Å². The number of hydrogen-bond donors (Lipinski definition) is 1. The lowest BCUT2D eigenvalue weighted by Gasteiger charge is -2.46. The second kappa shape index (κ2) is 6.05. The largest absolute Gasteiger partial charge is 0.465 e. The van der Waals surface area contributed by atoms with Crippen molar-refractivity contribution in [3.05, 3.63) is 0 Å². The molecule has 1 N–H and O–H groups in total. The Morgan fingerprint density at radius 2 is 2.00 bits per heavy atom. The number of nitrogens with one attached hydrogen (secondary N) is 1. The minimum atomic E-state index is -0.465. The quantitative estimate of drug-likeness (QED) is 0.767. The molecule has 1 saturated carbocycles. The van der Waals surface area contributed by atoms with Gasteiger partial charge in [0, 0.05) is 0 Å². The number of esters is 1. The highest BCUT2D eigenvalue weighted by Crippen LogP contribution is 2.44. The molecule has 0 aromatic carbocycles. The van der Waals surface area contributed by atoms with E-state index in [1.165, 1.54) is 6.42 Å². The van der Waals surface area contributed by atoms with E-state index in [1.54, 1.807) is 0 Å². The van der Waals surface area contributed by atoms with Crippen LogP contribution in [0.2, 0.25) is 0 Å². The molecule has 0 aromatic rings. The van der Waals surface area contributed by atoms with Gasteiger partial charge in [-0.05, 0) is 50.5 Å². The molecule has 0 amide bonds. The standard InChI is InChI=1S/C15H29NO2/c1-6-8-16-15(13(17)18-7-2)10-12(3)9-14(4,5)11-15/h12,16H,6-11H2,1-5H3. The molecule has 0 aliphatic heterocycles. The molecule has 1 rings (SSSR count). The van der Waals surface area contributed by atoms with Crippen molar-refractivity contribution in [2.75, 3.05) is 13.2 Å². The Morgan fingerprint density at radius 1 is 1.33 bits per heavy atom. The van der Waals surface area contributed by atoms with Crippen LogP contribution in [-0.4, -0.2) is 24.7 Å². The molecular weight excluding hydrogens is 226 g/mol. The van der Waals surface area contributed by atoms with Crippen LogP contribution in [0.4, 0.5) is 0 Å². The molecule has 0 aromatic heterocycles. The molecule has 2 atom stereocenters. The minimum absolute atomic E-state index is 0.0573. The number of carbonyl (C=O) groups excluding carboxylic acids is 1. The summed E-state index contributed by atoms with van der Waals surface area (Å²) in [4.78, 5) is 12.4. The minimum Gasteiger partial charge on any atom is -0.465 e. The van der Waals surface area contributed by atoms with E-state index in [1.807, 2.05) is 6.92 Å². The smallest absolute Gasteiger partial charge is 0.326 e. The van der Waals surface area contributed by atoms with Gasteiger partial charge in [0.15, 0.2) is 0 Å². The third-order valence-corrected chi connectivity index (χ3v) is 3.76. The van der Waals surface area contributed by atoms with Crippen LogP contribution in [-0.2, 0) is 9.53 Å². The summed E-state index contributed by atoms with van der Waals surface area (Å²) in [5, 5.41) is 3.48. The van der Waals surface area contributed by atoms with Crippen LogP contribution in [0, 0.1) is 11.3 Å².